The van der Waals surface area contributed by atoms with Crippen LogP contribution in [0.3, 0.4) is 0 Å². The normalized spacial score (nSPS) is 17.2. The average Bonchev–Trinajstić information content (AvgIpc) is 2.33. The Morgan fingerprint density at radius 1 is 1.35 bits per heavy atom. The molecule has 0 spiro atoms. The Morgan fingerprint density at radius 2 is 2.06 bits per heavy atom. The molecule has 5 nitrogen and oxygen atoms in total. The van der Waals surface area contributed by atoms with Gasteiger partial charge in [0, 0.05) is 12.7 Å². The van der Waals surface area contributed by atoms with Crippen LogP contribution >= 0.6 is 15.9 Å². The number of H-pyrrole nitrogens is 1. The summed E-state index contributed by atoms with van der Waals surface area (Å²) in [5.41, 5.74) is -0.694. The molecule has 2 heterocycles. The summed E-state index contributed by atoms with van der Waals surface area (Å²) in [5, 5.41) is 3.32. The first-order valence-electron chi connectivity index (χ1n) is 5.87. The van der Waals surface area contributed by atoms with Gasteiger partial charge in [-0.25, -0.2) is 4.79 Å². The summed E-state index contributed by atoms with van der Waals surface area (Å²) < 4.78 is 1.97. The Bertz CT molecular complexity index is 488. The topological polar surface area (TPSA) is 66.9 Å². The molecule has 2 rings (SSSR count). The van der Waals surface area contributed by atoms with Crippen molar-refractivity contribution >= 4 is 15.9 Å². The number of hydrogen-bond acceptors (Lipinski definition) is 3. The molecular weight excluding hydrogens is 286 g/mol. The molecule has 0 unspecified atom stereocenters. The van der Waals surface area contributed by atoms with E-state index in [1.807, 2.05) is 0 Å². The molecule has 17 heavy (non-hydrogen) atoms. The van der Waals surface area contributed by atoms with Gasteiger partial charge >= 0.3 is 5.69 Å². The molecule has 0 aromatic carbocycles. The predicted octanol–water partition coefficient (Wildman–Crippen LogP) is 0.689. The molecule has 1 fully saturated rings. The number of rotatable bonds is 3. The predicted molar refractivity (Wildman–Crippen MR) is 69.2 cm³/mol. The van der Waals surface area contributed by atoms with Crippen molar-refractivity contribution in [1.29, 1.82) is 0 Å². The maximum Gasteiger partial charge on any atom is 0.328 e. The van der Waals surface area contributed by atoms with Crippen molar-refractivity contribution < 1.29 is 0 Å². The Morgan fingerprint density at radius 3 is 2.76 bits per heavy atom. The minimum absolute atomic E-state index is 0.327. The fourth-order valence-corrected chi connectivity index (χ4v) is 2.49. The molecule has 1 aromatic heterocycles. The molecule has 0 amide bonds. The molecule has 2 N–H and O–H groups in total. The number of halogens is 1. The van der Waals surface area contributed by atoms with Crippen LogP contribution in [0.25, 0.3) is 0 Å². The van der Waals surface area contributed by atoms with Gasteiger partial charge in [0.2, 0.25) is 0 Å². The summed E-state index contributed by atoms with van der Waals surface area (Å²) in [5.74, 6) is 0.675. The van der Waals surface area contributed by atoms with Gasteiger partial charge in [-0.05, 0) is 54.2 Å². The molecule has 0 saturated carbocycles. The molecule has 1 aliphatic rings. The van der Waals surface area contributed by atoms with E-state index in [4.69, 9.17) is 0 Å². The average molecular weight is 302 g/mol. The van der Waals surface area contributed by atoms with Crippen molar-refractivity contribution in [3.05, 3.63) is 31.5 Å². The Hall–Kier alpha value is -0.880. The monoisotopic (exact) mass is 301 g/mol. The number of nitrogens with one attached hydrogen (secondary N) is 2. The van der Waals surface area contributed by atoms with E-state index in [0.717, 1.165) is 19.5 Å². The van der Waals surface area contributed by atoms with E-state index in [1.165, 1.54) is 12.8 Å². The molecule has 94 valence electrons. The van der Waals surface area contributed by atoms with Gasteiger partial charge < -0.3 is 5.32 Å². The van der Waals surface area contributed by atoms with Gasteiger partial charge in [-0.3, -0.25) is 14.3 Å². The first kappa shape index (κ1) is 12.6. The lowest BCUT2D eigenvalue weighted by Crippen LogP contribution is -2.32. The highest BCUT2D eigenvalue weighted by molar-refractivity contribution is 9.10. The van der Waals surface area contributed by atoms with Gasteiger partial charge in [0.1, 0.15) is 0 Å². The van der Waals surface area contributed by atoms with Crippen LogP contribution in [-0.4, -0.2) is 22.6 Å². The van der Waals surface area contributed by atoms with Crippen molar-refractivity contribution in [3.8, 4) is 0 Å². The lowest BCUT2D eigenvalue weighted by molar-refractivity contribution is 0.335. The van der Waals surface area contributed by atoms with E-state index in [-0.39, 0.29) is 11.2 Å². The number of aromatic nitrogens is 2. The number of hydrogen-bond donors (Lipinski definition) is 2. The summed E-state index contributed by atoms with van der Waals surface area (Å²) in [6.45, 7) is 2.79. The highest BCUT2D eigenvalue weighted by Crippen LogP contribution is 2.16. The number of nitrogens with zero attached hydrogens (tertiary/aromatic N) is 1. The lowest BCUT2D eigenvalue weighted by Gasteiger charge is -2.22. The molecule has 1 aliphatic heterocycles. The van der Waals surface area contributed by atoms with Crippen LogP contribution in [0, 0.1) is 5.92 Å². The van der Waals surface area contributed by atoms with Crippen molar-refractivity contribution in [2.24, 2.45) is 5.92 Å². The quantitative estimate of drug-likeness (QED) is 0.863. The SMILES string of the molecule is O=c1[nH]c(=O)n(CCC2CCNCC2)cc1Br. The van der Waals surface area contributed by atoms with Crippen LogP contribution in [0.2, 0.25) is 0 Å². The highest BCUT2D eigenvalue weighted by atomic mass is 79.9. The summed E-state index contributed by atoms with van der Waals surface area (Å²) in [6, 6.07) is 0. The van der Waals surface area contributed by atoms with Gasteiger partial charge in [0.05, 0.1) is 4.47 Å². The van der Waals surface area contributed by atoms with Crippen molar-refractivity contribution in [2.45, 2.75) is 25.8 Å². The van der Waals surface area contributed by atoms with Crippen LogP contribution in [-0.2, 0) is 6.54 Å². The molecule has 0 atom stereocenters. The number of aromatic amines is 1. The maximum absolute atomic E-state index is 11.5. The van der Waals surface area contributed by atoms with Crippen LogP contribution in [0.4, 0.5) is 0 Å². The second-order valence-electron chi connectivity index (χ2n) is 4.41. The first-order valence-corrected chi connectivity index (χ1v) is 6.66. The third-order valence-electron chi connectivity index (χ3n) is 3.20. The number of aryl methyl sites for hydroxylation is 1. The Balaban J connectivity index is 2.01. The fourth-order valence-electron chi connectivity index (χ4n) is 2.14. The van der Waals surface area contributed by atoms with Crippen LogP contribution < -0.4 is 16.6 Å². The fraction of sp³-hybridized carbons (Fsp3) is 0.636. The zero-order valence-electron chi connectivity index (χ0n) is 9.54. The molecule has 0 bridgehead atoms. The first-order chi connectivity index (χ1) is 8.16. The molecule has 6 heteroatoms. The van der Waals surface area contributed by atoms with Crippen LogP contribution in [0.15, 0.2) is 20.3 Å². The Kier molecular flexibility index (Phi) is 4.17. The zero-order chi connectivity index (χ0) is 12.3. The Labute approximate surface area is 107 Å². The summed E-state index contributed by atoms with van der Waals surface area (Å²) in [6.07, 6.45) is 4.89. The highest BCUT2D eigenvalue weighted by Gasteiger charge is 2.13. The second kappa shape index (κ2) is 5.64. The molecule has 1 saturated heterocycles. The maximum atomic E-state index is 11.5. The third kappa shape index (κ3) is 3.29. The second-order valence-corrected chi connectivity index (χ2v) is 5.27. The molecule has 0 radical (unpaired) electrons. The van der Waals surface area contributed by atoms with E-state index in [9.17, 15) is 9.59 Å². The summed E-state index contributed by atoms with van der Waals surface area (Å²) in [4.78, 5) is 25.0. The summed E-state index contributed by atoms with van der Waals surface area (Å²) in [7, 11) is 0. The van der Waals surface area contributed by atoms with E-state index < -0.39 is 0 Å². The van der Waals surface area contributed by atoms with Crippen molar-refractivity contribution in [2.75, 3.05) is 13.1 Å². The largest absolute Gasteiger partial charge is 0.328 e. The third-order valence-corrected chi connectivity index (χ3v) is 3.77. The van der Waals surface area contributed by atoms with Crippen LogP contribution in [0.1, 0.15) is 19.3 Å². The van der Waals surface area contributed by atoms with Gasteiger partial charge in [-0.15, -0.1) is 0 Å². The lowest BCUT2D eigenvalue weighted by atomic mass is 9.95. The minimum Gasteiger partial charge on any atom is -0.317 e. The van der Waals surface area contributed by atoms with E-state index in [2.05, 4.69) is 26.2 Å². The number of piperidine rings is 1. The minimum atomic E-state index is -0.367. The standard InChI is InChI=1S/C11H16BrN3O2/c12-9-7-15(11(17)14-10(9)16)6-3-8-1-4-13-5-2-8/h7-8,13H,1-6H2,(H,14,16,17). The van der Waals surface area contributed by atoms with Crippen molar-refractivity contribution in [3.63, 3.8) is 0 Å². The van der Waals surface area contributed by atoms with Crippen molar-refractivity contribution in [1.82, 2.24) is 14.9 Å². The van der Waals surface area contributed by atoms with E-state index in [0.29, 0.717) is 16.9 Å². The summed E-state index contributed by atoms with van der Waals surface area (Å²) >= 11 is 3.13. The molecule has 1 aromatic rings. The van der Waals surface area contributed by atoms with Gasteiger partial charge in [0.15, 0.2) is 0 Å². The van der Waals surface area contributed by atoms with E-state index in [1.54, 1.807) is 10.8 Å². The molecule has 0 aliphatic carbocycles. The molecular formula is C11H16BrN3O2. The zero-order valence-corrected chi connectivity index (χ0v) is 11.1. The smallest absolute Gasteiger partial charge is 0.317 e. The van der Waals surface area contributed by atoms with Gasteiger partial charge in [0.25, 0.3) is 5.56 Å². The van der Waals surface area contributed by atoms with E-state index >= 15 is 0 Å². The van der Waals surface area contributed by atoms with Gasteiger partial charge in [-0.1, -0.05) is 0 Å². The van der Waals surface area contributed by atoms with Crippen LogP contribution in [0.5, 0.6) is 0 Å². The van der Waals surface area contributed by atoms with Gasteiger partial charge in [-0.2, -0.15) is 0 Å².